The Balaban J connectivity index is 1.97. The molecule has 27 nitrogen and oxygen atoms in total. The molecule has 0 amide bonds. The van der Waals surface area contributed by atoms with Gasteiger partial charge in [0, 0.05) is 0 Å². The summed E-state index contributed by atoms with van der Waals surface area (Å²) in [5.41, 5.74) is -20.1. The predicted molar refractivity (Wildman–Crippen MR) is 246 cm³/mol. The van der Waals surface area contributed by atoms with E-state index < -0.39 is 140 Å². The number of aliphatic hydroxyl groups excluding tert-OH is 3. The van der Waals surface area contributed by atoms with E-state index in [1.165, 1.54) is 0 Å². The highest BCUT2D eigenvalue weighted by Crippen LogP contribution is 2.35. The number of aliphatic carboxylic acids is 3. The van der Waals surface area contributed by atoms with Crippen molar-refractivity contribution in [3.8, 4) is 46.0 Å². The molecule has 396 valence electrons. The van der Waals surface area contributed by atoms with Crippen LogP contribution in [-0.4, -0.2) is 186 Å². The number of carboxylic acids is 3. The third-order valence-electron chi connectivity index (χ3n) is 11.0. The standard InChI is InChI=1S/C48H42O27/c49-25-9-1-21(17-29(25)53)5-13-33(57)45(71,42(66)67)37(61)38(62)46(72,34(58)14-6-22-2-10-26(50)30(54)18-22)44(70)75-39(40(63)64)47(73,35(59)15-7-23-3-11-27(51)31(55)19-23)41(65)48(74,43(68)69)36(60)16-8-24-4-12-28(52)32(56)20-24/h1-20,37-39,41,49-56,61-62,65,71-74H,(H,63,64)(H,66,67)(H,68,69)/t37-,38+,39+,41-,45-,46-,47-,48-/m0/s1. The Morgan fingerprint density at radius 1 is 0.400 bits per heavy atom. The number of ketones is 4. The number of ether oxygens (including phenoxy) is 1. The van der Waals surface area contributed by atoms with Crippen molar-refractivity contribution >= 4 is 71.3 Å². The number of phenolic OH excluding ortho intramolecular Hbond substituents is 8. The second kappa shape index (κ2) is 22.5. The molecule has 4 aromatic rings. The van der Waals surface area contributed by atoms with Crippen LogP contribution in [0.1, 0.15) is 22.3 Å². The summed E-state index contributed by atoms with van der Waals surface area (Å²) in [6.07, 6.45) is -13.5. The molecule has 8 atom stereocenters. The van der Waals surface area contributed by atoms with E-state index in [1.54, 1.807) is 0 Å². The lowest BCUT2D eigenvalue weighted by molar-refractivity contribution is -0.233. The van der Waals surface area contributed by atoms with Crippen LogP contribution in [0, 0.1) is 0 Å². The Morgan fingerprint density at radius 3 is 0.973 bits per heavy atom. The van der Waals surface area contributed by atoms with E-state index in [9.17, 15) is 130 Å². The van der Waals surface area contributed by atoms with Gasteiger partial charge in [0.1, 0.15) is 18.3 Å². The molecule has 0 aliphatic carbocycles. The average Bonchev–Trinajstić information content (AvgIpc) is 3.36. The zero-order valence-electron chi connectivity index (χ0n) is 37.6. The van der Waals surface area contributed by atoms with Gasteiger partial charge in [-0.2, -0.15) is 0 Å². The molecule has 0 saturated carbocycles. The van der Waals surface area contributed by atoms with Gasteiger partial charge in [-0.25, -0.2) is 19.2 Å². The maximum Gasteiger partial charge on any atom is 0.350 e. The van der Waals surface area contributed by atoms with Gasteiger partial charge in [-0.15, -0.1) is 0 Å². The molecule has 0 aliphatic rings. The van der Waals surface area contributed by atoms with Gasteiger partial charge in [0.05, 0.1) is 0 Å². The number of rotatable bonds is 23. The Morgan fingerprint density at radius 2 is 0.680 bits per heavy atom. The van der Waals surface area contributed by atoms with E-state index in [-0.39, 0.29) is 46.6 Å². The molecule has 4 aromatic carbocycles. The van der Waals surface area contributed by atoms with E-state index in [4.69, 9.17) is 0 Å². The fourth-order valence-corrected chi connectivity index (χ4v) is 6.59. The minimum atomic E-state index is -4.87. The highest BCUT2D eigenvalue weighted by molar-refractivity contribution is 6.18. The molecule has 27 heteroatoms. The van der Waals surface area contributed by atoms with Crippen molar-refractivity contribution in [2.24, 2.45) is 0 Å². The molecular formula is C48H42O27. The first-order valence-corrected chi connectivity index (χ1v) is 20.6. The average molecular weight is 1050 g/mol. The minimum absolute atomic E-state index is 0.0258. The van der Waals surface area contributed by atoms with Crippen LogP contribution in [0.15, 0.2) is 97.1 Å². The third-order valence-corrected chi connectivity index (χ3v) is 11.0. The molecule has 0 heterocycles. The van der Waals surface area contributed by atoms with E-state index in [1.807, 2.05) is 0 Å². The second-order valence-electron chi connectivity index (χ2n) is 15.9. The summed E-state index contributed by atoms with van der Waals surface area (Å²) in [5, 5.41) is 190. The smallest absolute Gasteiger partial charge is 0.350 e. The Labute approximate surface area is 417 Å². The summed E-state index contributed by atoms with van der Waals surface area (Å²) in [5.74, 6) is -27.3. The van der Waals surface area contributed by atoms with Crippen molar-refractivity contribution in [2.75, 3.05) is 0 Å². The van der Waals surface area contributed by atoms with E-state index in [2.05, 4.69) is 4.74 Å². The van der Waals surface area contributed by atoms with Gasteiger partial charge < -0.3 is 96.7 Å². The molecule has 0 fully saturated rings. The quantitative estimate of drug-likeness (QED) is 0.0164. The van der Waals surface area contributed by atoms with Crippen LogP contribution >= 0.6 is 0 Å². The molecule has 0 aliphatic heterocycles. The maximum absolute atomic E-state index is 14.3. The first kappa shape index (κ1) is 58.1. The molecular weight excluding hydrogens is 1010 g/mol. The Kier molecular flexibility index (Phi) is 17.4. The predicted octanol–water partition coefficient (Wildman–Crippen LogP) is -2.07. The van der Waals surface area contributed by atoms with Gasteiger partial charge in [0.25, 0.3) is 16.8 Å². The number of phenols is 8. The lowest BCUT2D eigenvalue weighted by Gasteiger charge is -2.41. The molecule has 0 bridgehead atoms. The van der Waals surface area contributed by atoms with Crippen LogP contribution in [0.2, 0.25) is 0 Å². The van der Waals surface area contributed by atoms with Crippen LogP contribution < -0.4 is 0 Å². The summed E-state index contributed by atoms with van der Waals surface area (Å²) >= 11 is 0. The van der Waals surface area contributed by atoms with E-state index in [0.29, 0.717) is 36.4 Å². The lowest BCUT2D eigenvalue weighted by atomic mass is 9.74. The van der Waals surface area contributed by atoms with Gasteiger partial charge >= 0.3 is 23.9 Å². The monoisotopic (exact) mass is 1050 g/mol. The summed E-state index contributed by atoms with van der Waals surface area (Å²) in [6.45, 7) is 0. The highest BCUT2D eigenvalue weighted by atomic mass is 16.6. The fraction of sp³-hybridized carbons (Fsp3) is 0.167. The van der Waals surface area contributed by atoms with Crippen molar-refractivity contribution in [2.45, 2.75) is 46.8 Å². The fourth-order valence-electron chi connectivity index (χ4n) is 6.59. The van der Waals surface area contributed by atoms with Crippen molar-refractivity contribution in [1.29, 1.82) is 0 Å². The largest absolute Gasteiger partial charge is 0.504 e. The molecule has 0 unspecified atom stereocenters. The van der Waals surface area contributed by atoms with Gasteiger partial charge in [-0.1, -0.05) is 48.6 Å². The van der Waals surface area contributed by atoms with Crippen molar-refractivity contribution in [3.63, 3.8) is 0 Å². The zero-order chi connectivity index (χ0) is 56.7. The van der Waals surface area contributed by atoms with Crippen molar-refractivity contribution < 1.29 is 135 Å². The molecule has 18 N–H and O–H groups in total. The number of benzene rings is 4. The van der Waals surface area contributed by atoms with Gasteiger partial charge in [0.2, 0.25) is 29.1 Å². The molecule has 0 spiro atoms. The SMILES string of the molecule is O=C(O)[C@@H](OC(=O)[C@](O)(C(=O)C=Cc1ccc(O)c(O)c1)[C@H](O)[C@H](O)[C@](O)(C(=O)O)C(=O)C=Cc1ccc(O)c(O)c1)[C@@](O)(C(=O)C=Cc1ccc(O)c(O)c1)[C@H](O)[C@](O)(C(=O)O)C(=O)C=Cc1ccc(O)c(O)c1. The zero-order valence-corrected chi connectivity index (χ0v) is 37.6. The Bertz CT molecular complexity index is 3080. The molecule has 75 heavy (non-hydrogen) atoms. The number of carbonyl (C=O) groups is 8. The second-order valence-corrected chi connectivity index (χ2v) is 15.9. The molecule has 4 rings (SSSR count). The van der Waals surface area contributed by atoms with Gasteiger partial charge in [-0.3, -0.25) is 19.2 Å². The lowest BCUT2D eigenvalue weighted by Crippen LogP contribution is -2.73. The summed E-state index contributed by atoms with van der Waals surface area (Å²) in [7, 11) is 0. The number of carboxylic acid groups (broad SMARTS) is 3. The highest BCUT2D eigenvalue weighted by Gasteiger charge is 2.68. The summed E-state index contributed by atoms with van der Waals surface area (Å²) < 4.78 is 4.64. The number of hydrogen-bond acceptors (Lipinski definition) is 24. The number of carbonyl (C=O) groups excluding carboxylic acids is 5. The minimum Gasteiger partial charge on any atom is -0.504 e. The summed E-state index contributed by atoms with van der Waals surface area (Å²) in [6, 6.07) is 10.1. The number of hydrogen-bond donors (Lipinski definition) is 18. The van der Waals surface area contributed by atoms with Crippen LogP contribution in [0.3, 0.4) is 0 Å². The first-order valence-electron chi connectivity index (χ1n) is 20.6. The van der Waals surface area contributed by atoms with Crippen LogP contribution in [0.5, 0.6) is 46.0 Å². The third kappa shape index (κ3) is 11.7. The number of aliphatic hydroxyl groups is 7. The summed E-state index contributed by atoms with van der Waals surface area (Å²) in [4.78, 5) is 108. The first-order chi connectivity index (χ1) is 34.8. The molecule has 0 saturated heterocycles. The van der Waals surface area contributed by atoms with E-state index >= 15 is 0 Å². The normalized spacial score (nSPS) is 16.7. The molecule has 0 radical (unpaired) electrons. The number of esters is 1. The van der Waals surface area contributed by atoms with Crippen LogP contribution in [-0.2, 0) is 43.1 Å². The maximum atomic E-state index is 14.3. The van der Waals surface area contributed by atoms with Crippen molar-refractivity contribution in [3.05, 3.63) is 119 Å². The Hall–Kier alpha value is -9.48. The van der Waals surface area contributed by atoms with Crippen LogP contribution in [0.4, 0.5) is 0 Å². The van der Waals surface area contributed by atoms with Crippen LogP contribution in [0.25, 0.3) is 24.3 Å². The molecule has 0 aromatic heterocycles. The number of aromatic hydroxyl groups is 8. The topological polar surface area (TPSA) is 510 Å². The van der Waals surface area contributed by atoms with Gasteiger partial charge in [-0.05, 0) is 95.1 Å². The van der Waals surface area contributed by atoms with Gasteiger partial charge in [0.15, 0.2) is 51.8 Å². The van der Waals surface area contributed by atoms with Crippen molar-refractivity contribution in [1.82, 2.24) is 0 Å². The van der Waals surface area contributed by atoms with E-state index in [0.717, 1.165) is 60.7 Å².